The predicted molar refractivity (Wildman–Crippen MR) is 56.1 cm³/mol. The van der Waals surface area contributed by atoms with Gasteiger partial charge in [0.1, 0.15) is 5.78 Å². The van der Waals surface area contributed by atoms with Gasteiger partial charge in [0.15, 0.2) is 5.58 Å². The fourth-order valence-electron chi connectivity index (χ4n) is 1.32. The summed E-state index contributed by atoms with van der Waals surface area (Å²) in [4.78, 5) is 10.9. The first-order chi connectivity index (χ1) is 6.66. The van der Waals surface area contributed by atoms with E-state index >= 15 is 0 Å². The number of aromatic nitrogens is 1. The highest BCUT2D eigenvalue weighted by Crippen LogP contribution is 2.23. The zero-order valence-corrected chi connectivity index (χ0v) is 9.17. The maximum absolute atomic E-state index is 10.9. The molecule has 1 aromatic heterocycles. The Bertz CT molecular complexity index is 490. The highest BCUT2D eigenvalue weighted by Gasteiger charge is 2.09. The molecule has 0 aliphatic rings. The van der Waals surface area contributed by atoms with Crippen LogP contribution in [0.2, 0.25) is 0 Å². The molecule has 72 valence electrons. The Morgan fingerprint density at radius 1 is 1.57 bits per heavy atom. The highest BCUT2D eigenvalue weighted by molar-refractivity contribution is 9.10. The van der Waals surface area contributed by atoms with Gasteiger partial charge in [-0.1, -0.05) is 21.1 Å². The molecule has 3 nitrogen and oxygen atoms in total. The van der Waals surface area contributed by atoms with E-state index < -0.39 is 0 Å². The molecule has 2 rings (SSSR count). The number of hydrogen-bond donors (Lipinski definition) is 0. The molecular formula is C10H8BrNO2. The second kappa shape index (κ2) is 3.53. The summed E-state index contributed by atoms with van der Waals surface area (Å²) in [5.74, 6) is 0.0835. The van der Waals surface area contributed by atoms with Crippen LogP contribution < -0.4 is 0 Å². The number of halogens is 1. The number of benzene rings is 1. The van der Waals surface area contributed by atoms with Crippen LogP contribution in [0.4, 0.5) is 0 Å². The third kappa shape index (κ3) is 1.70. The number of carbonyl (C=O) groups is 1. The van der Waals surface area contributed by atoms with Gasteiger partial charge in [-0.2, -0.15) is 0 Å². The largest absolute Gasteiger partial charge is 0.356 e. The Hall–Kier alpha value is -1.16. The van der Waals surface area contributed by atoms with E-state index in [4.69, 9.17) is 4.52 Å². The third-order valence-corrected chi connectivity index (χ3v) is 2.42. The van der Waals surface area contributed by atoms with Gasteiger partial charge in [-0.3, -0.25) is 4.79 Å². The molecule has 0 fully saturated rings. The predicted octanol–water partition coefficient (Wildman–Crippen LogP) is 2.72. The van der Waals surface area contributed by atoms with Gasteiger partial charge < -0.3 is 4.52 Å². The molecule has 0 spiro atoms. The fraction of sp³-hybridized carbons (Fsp3) is 0.200. The summed E-state index contributed by atoms with van der Waals surface area (Å²) in [5, 5.41) is 4.76. The van der Waals surface area contributed by atoms with Crippen LogP contribution in [0, 0.1) is 0 Å². The zero-order chi connectivity index (χ0) is 10.1. The lowest BCUT2D eigenvalue weighted by Crippen LogP contribution is -1.96. The average molecular weight is 254 g/mol. The summed E-state index contributed by atoms with van der Waals surface area (Å²) in [6, 6.07) is 5.62. The number of Topliss-reactive ketones (excluding diaryl/α,β-unsaturated/α-hetero) is 1. The number of rotatable bonds is 2. The average Bonchev–Trinajstić information content (AvgIpc) is 2.47. The van der Waals surface area contributed by atoms with Gasteiger partial charge in [-0.25, -0.2) is 0 Å². The lowest BCUT2D eigenvalue weighted by Gasteiger charge is -1.92. The highest BCUT2D eigenvalue weighted by atomic mass is 79.9. The van der Waals surface area contributed by atoms with Crippen LogP contribution >= 0.6 is 15.9 Å². The van der Waals surface area contributed by atoms with E-state index in [1.807, 2.05) is 18.2 Å². The minimum absolute atomic E-state index is 0.0835. The number of ketones is 1. The number of fused-ring (bicyclic) bond motifs is 1. The molecule has 0 radical (unpaired) electrons. The maximum atomic E-state index is 10.9. The van der Waals surface area contributed by atoms with E-state index in [1.165, 1.54) is 0 Å². The first-order valence-corrected chi connectivity index (χ1v) is 4.99. The quantitative estimate of drug-likeness (QED) is 0.827. The molecule has 0 bridgehead atoms. The molecule has 0 unspecified atom stereocenters. The maximum Gasteiger partial charge on any atom is 0.167 e. The Morgan fingerprint density at radius 2 is 2.36 bits per heavy atom. The SMILES string of the molecule is CC(=O)Cc1noc2ccc(Br)cc12. The smallest absolute Gasteiger partial charge is 0.167 e. The Morgan fingerprint density at radius 3 is 3.07 bits per heavy atom. The van der Waals surface area contributed by atoms with Crippen LogP contribution in [0.15, 0.2) is 27.2 Å². The second-order valence-electron chi connectivity index (χ2n) is 3.15. The molecule has 0 saturated carbocycles. The lowest BCUT2D eigenvalue weighted by molar-refractivity contribution is -0.116. The van der Waals surface area contributed by atoms with Crippen molar-refractivity contribution in [2.24, 2.45) is 0 Å². The van der Waals surface area contributed by atoms with Gasteiger partial charge in [0, 0.05) is 9.86 Å². The van der Waals surface area contributed by atoms with Gasteiger partial charge >= 0.3 is 0 Å². The van der Waals surface area contributed by atoms with Gasteiger partial charge in [0.05, 0.1) is 12.1 Å². The van der Waals surface area contributed by atoms with Crippen LogP contribution in [0.25, 0.3) is 11.0 Å². The number of hydrogen-bond acceptors (Lipinski definition) is 3. The second-order valence-corrected chi connectivity index (χ2v) is 4.06. The van der Waals surface area contributed by atoms with Gasteiger partial charge in [-0.05, 0) is 25.1 Å². The summed E-state index contributed by atoms with van der Waals surface area (Å²) >= 11 is 3.36. The third-order valence-electron chi connectivity index (χ3n) is 1.92. The van der Waals surface area contributed by atoms with Crippen LogP contribution in [0.3, 0.4) is 0 Å². The molecular weight excluding hydrogens is 246 g/mol. The Kier molecular flexibility index (Phi) is 2.37. The molecule has 0 saturated heterocycles. The molecule has 14 heavy (non-hydrogen) atoms. The lowest BCUT2D eigenvalue weighted by atomic mass is 10.1. The Balaban J connectivity index is 2.55. The van der Waals surface area contributed by atoms with E-state index in [9.17, 15) is 4.79 Å². The van der Waals surface area contributed by atoms with Crippen molar-refractivity contribution in [3.63, 3.8) is 0 Å². The normalized spacial score (nSPS) is 10.7. The van der Waals surface area contributed by atoms with E-state index in [0.29, 0.717) is 17.7 Å². The van der Waals surface area contributed by atoms with E-state index in [-0.39, 0.29) is 5.78 Å². The van der Waals surface area contributed by atoms with Crippen molar-refractivity contribution < 1.29 is 9.32 Å². The molecule has 0 aliphatic heterocycles. The van der Waals surface area contributed by atoms with Crippen LogP contribution in [0.5, 0.6) is 0 Å². The molecule has 0 atom stereocenters. The fourth-order valence-corrected chi connectivity index (χ4v) is 1.69. The summed E-state index contributed by atoms with van der Waals surface area (Å²) in [5.41, 5.74) is 1.42. The molecule has 4 heteroatoms. The Labute approximate surface area is 89.2 Å². The van der Waals surface area contributed by atoms with Gasteiger partial charge in [0.2, 0.25) is 0 Å². The van der Waals surface area contributed by atoms with Crippen molar-refractivity contribution in [1.82, 2.24) is 5.16 Å². The van der Waals surface area contributed by atoms with E-state index in [0.717, 1.165) is 9.86 Å². The van der Waals surface area contributed by atoms with Crippen LogP contribution in [0.1, 0.15) is 12.6 Å². The van der Waals surface area contributed by atoms with Crippen molar-refractivity contribution in [2.45, 2.75) is 13.3 Å². The van der Waals surface area contributed by atoms with Crippen molar-refractivity contribution in [3.8, 4) is 0 Å². The van der Waals surface area contributed by atoms with Crippen molar-refractivity contribution in [2.75, 3.05) is 0 Å². The molecule has 1 aromatic carbocycles. The van der Waals surface area contributed by atoms with Gasteiger partial charge in [-0.15, -0.1) is 0 Å². The molecule has 2 aromatic rings. The van der Waals surface area contributed by atoms with Crippen molar-refractivity contribution >= 4 is 32.7 Å². The zero-order valence-electron chi connectivity index (χ0n) is 7.58. The first-order valence-electron chi connectivity index (χ1n) is 4.20. The number of carbonyl (C=O) groups excluding carboxylic acids is 1. The molecule has 1 heterocycles. The summed E-state index contributed by atoms with van der Waals surface area (Å²) in [6.45, 7) is 1.54. The van der Waals surface area contributed by atoms with Crippen LogP contribution in [-0.4, -0.2) is 10.9 Å². The monoisotopic (exact) mass is 253 g/mol. The van der Waals surface area contributed by atoms with Gasteiger partial charge in [0.25, 0.3) is 0 Å². The van der Waals surface area contributed by atoms with Crippen LogP contribution in [-0.2, 0) is 11.2 Å². The molecule has 0 N–H and O–H groups in total. The molecule has 0 amide bonds. The van der Waals surface area contributed by atoms with Crippen molar-refractivity contribution in [3.05, 3.63) is 28.4 Å². The minimum atomic E-state index is 0.0835. The number of nitrogens with zero attached hydrogens (tertiary/aromatic N) is 1. The summed E-state index contributed by atoms with van der Waals surface area (Å²) in [7, 11) is 0. The van der Waals surface area contributed by atoms with Crippen molar-refractivity contribution in [1.29, 1.82) is 0 Å². The first kappa shape index (κ1) is 9.40. The van der Waals surface area contributed by atoms with E-state index in [2.05, 4.69) is 21.1 Å². The minimum Gasteiger partial charge on any atom is -0.356 e. The summed E-state index contributed by atoms with van der Waals surface area (Å²) < 4.78 is 6.04. The standard InChI is InChI=1S/C10H8BrNO2/c1-6(13)4-9-8-5-7(11)2-3-10(8)14-12-9/h2-3,5H,4H2,1H3. The van der Waals surface area contributed by atoms with E-state index in [1.54, 1.807) is 6.92 Å². The molecule has 0 aliphatic carbocycles. The summed E-state index contributed by atoms with van der Waals surface area (Å²) in [6.07, 6.45) is 0.323. The topological polar surface area (TPSA) is 43.1 Å².